The summed E-state index contributed by atoms with van der Waals surface area (Å²) in [6.45, 7) is 1.42. The van der Waals surface area contributed by atoms with E-state index in [-0.39, 0.29) is 18.2 Å². The van der Waals surface area contributed by atoms with Crippen molar-refractivity contribution in [2.75, 3.05) is 11.4 Å². The minimum atomic E-state index is -0.435. The molecule has 0 radical (unpaired) electrons. The van der Waals surface area contributed by atoms with E-state index in [1.54, 1.807) is 24.3 Å². The van der Waals surface area contributed by atoms with Crippen molar-refractivity contribution in [3.8, 4) is 0 Å². The Morgan fingerprint density at radius 3 is 2.67 bits per heavy atom. The molecule has 0 saturated carbocycles. The summed E-state index contributed by atoms with van der Waals surface area (Å²) in [6, 6.07) is 14.8. The summed E-state index contributed by atoms with van der Waals surface area (Å²) >= 11 is 6.22. The van der Waals surface area contributed by atoms with Gasteiger partial charge in [-0.05, 0) is 23.8 Å². The van der Waals surface area contributed by atoms with Gasteiger partial charge in [-0.1, -0.05) is 41.9 Å². The number of nitrogens with zero attached hydrogens (tertiary/aromatic N) is 2. The fourth-order valence-electron chi connectivity index (χ4n) is 4.24. The molecular formula is C21H18ClN3O2. The summed E-state index contributed by atoms with van der Waals surface area (Å²) < 4.78 is 0. The monoisotopic (exact) mass is 379 g/mol. The molecule has 1 saturated heterocycles. The predicted octanol–water partition coefficient (Wildman–Crippen LogP) is 3.51. The first-order valence-corrected chi connectivity index (χ1v) is 9.45. The first-order valence-electron chi connectivity index (χ1n) is 9.07. The molecule has 0 bridgehead atoms. The Hall–Kier alpha value is -2.63. The van der Waals surface area contributed by atoms with Gasteiger partial charge in [-0.3, -0.25) is 14.5 Å². The highest BCUT2D eigenvalue weighted by molar-refractivity contribution is 6.36. The molecular weight excluding hydrogens is 362 g/mol. The van der Waals surface area contributed by atoms with E-state index < -0.39 is 6.04 Å². The van der Waals surface area contributed by atoms with E-state index in [0.717, 1.165) is 18.5 Å². The number of fused-ring (bicyclic) bond motifs is 3. The summed E-state index contributed by atoms with van der Waals surface area (Å²) in [7, 11) is 0. The van der Waals surface area contributed by atoms with Crippen LogP contribution in [0.15, 0.2) is 48.5 Å². The number of anilines is 1. The standard InChI is InChI=1S/C21H18ClN3O2/c22-15-6-2-4-8-18(15)25-20(26)11-19(21(25)27)24-10-9-17-14(12-24)13-5-1-3-7-16(13)23-17/h1-8,19,23H,9-12H2. The van der Waals surface area contributed by atoms with Crippen LogP contribution >= 0.6 is 11.6 Å². The van der Waals surface area contributed by atoms with Gasteiger partial charge in [-0.2, -0.15) is 0 Å². The lowest BCUT2D eigenvalue weighted by Crippen LogP contribution is -2.44. The molecule has 0 aliphatic carbocycles. The van der Waals surface area contributed by atoms with Crippen molar-refractivity contribution in [1.82, 2.24) is 9.88 Å². The lowest BCUT2D eigenvalue weighted by atomic mass is 10.0. The minimum absolute atomic E-state index is 0.184. The van der Waals surface area contributed by atoms with Gasteiger partial charge in [0.15, 0.2) is 0 Å². The number of nitrogens with one attached hydrogen (secondary N) is 1. The van der Waals surface area contributed by atoms with Gasteiger partial charge >= 0.3 is 0 Å². The smallest absolute Gasteiger partial charge is 0.251 e. The topological polar surface area (TPSA) is 56.4 Å². The van der Waals surface area contributed by atoms with E-state index in [0.29, 0.717) is 17.3 Å². The number of hydrogen-bond acceptors (Lipinski definition) is 3. The highest BCUT2D eigenvalue weighted by Crippen LogP contribution is 2.34. The van der Waals surface area contributed by atoms with Crippen molar-refractivity contribution in [1.29, 1.82) is 0 Å². The number of rotatable bonds is 2. The van der Waals surface area contributed by atoms with Crippen LogP contribution in [0.4, 0.5) is 5.69 Å². The quantitative estimate of drug-likeness (QED) is 0.693. The van der Waals surface area contributed by atoms with E-state index in [9.17, 15) is 9.59 Å². The maximum Gasteiger partial charge on any atom is 0.251 e. The molecule has 1 unspecified atom stereocenters. The highest BCUT2D eigenvalue weighted by Gasteiger charge is 2.44. The summed E-state index contributed by atoms with van der Waals surface area (Å²) in [5.74, 6) is -0.376. The summed E-state index contributed by atoms with van der Waals surface area (Å²) in [5.41, 5.74) is 4.05. The largest absolute Gasteiger partial charge is 0.358 e. The van der Waals surface area contributed by atoms with Gasteiger partial charge in [0.1, 0.15) is 0 Å². The maximum absolute atomic E-state index is 13.1. The van der Waals surface area contributed by atoms with Crippen LogP contribution in [0, 0.1) is 0 Å². The zero-order chi connectivity index (χ0) is 18.5. The van der Waals surface area contributed by atoms with E-state index in [4.69, 9.17) is 11.6 Å². The number of para-hydroxylation sites is 2. The Morgan fingerprint density at radius 2 is 1.81 bits per heavy atom. The minimum Gasteiger partial charge on any atom is -0.358 e. The molecule has 2 aromatic carbocycles. The predicted molar refractivity (Wildman–Crippen MR) is 105 cm³/mol. The van der Waals surface area contributed by atoms with Gasteiger partial charge in [0.2, 0.25) is 5.91 Å². The Labute approximate surface area is 161 Å². The lowest BCUT2D eigenvalue weighted by Gasteiger charge is -2.31. The van der Waals surface area contributed by atoms with E-state index >= 15 is 0 Å². The van der Waals surface area contributed by atoms with Crippen LogP contribution in [0.2, 0.25) is 5.02 Å². The third-order valence-electron chi connectivity index (χ3n) is 5.57. The third-order valence-corrected chi connectivity index (χ3v) is 5.89. The normalized spacial score (nSPS) is 20.5. The molecule has 136 valence electrons. The fraction of sp³-hybridized carbons (Fsp3) is 0.238. The molecule has 1 N–H and O–H groups in total. The van der Waals surface area contributed by atoms with Crippen LogP contribution < -0.4 is 4.90 Å². The number of H-pyrrole nitrogens is 1. The second-order valence-electron chi connectivity index (χ2n) is 7.09. The number of halogens is 1. The van der Waals surface area contributed by atoms with Gasteiger partial charge in [-0.15, -0.1) is 0 Å². The molecule has 0 spiro atoms. The highest BCUT2D eigenvalue weighted by atomic mass is 35.5. The van der Waals surface area contributed by atoms with Crippen molar-refractivity contribution in [3.05, 3.63) is 64.8 Å². The number of carbonyl (C=O) groups is 2. The van der Waals surface area contributed by atoms with Crippen LogP contribution in [-0.4, -0.2) is 34.3 Å². The number of amides is 2. The van der Waals surface area contributed by atoms with Gasteiger partial charge < -0.3 is 4.98 Å². The first kappa shape index (κ1) is 16.5. The SMILES string of the molecule is O=C1CC(N2CCc3[nH]c4ccccc4c3C2)C(=O)N1c1ccccc1Cl. The molecule has 2 aliphatic rings. The van der Waals surface area contributed by atoms with E-state index in [1.165, 1.54) is 21.5 Å². The molecule has 1 atom stereocenters. The Bertz CT molecular complexity index is 1070. The number of hydrogen-bond donors (Lipinski definition) is 1. The molecule has 5 nitrogen and oxygen atoms in total. The van der Waals surface area contributed by atoms with Crippen molar-refractivity contribution >= 4 is 40.0 Å². The summed E-state index contributed by atoms with van der Waals surface area (Å²) in [4.78, 5) is 32.5. The second kappa shape index (κ2) is 6.22. The molecule has 6 heteroatoms. The average Bonchev–Trinajstić information content (AvgIpc) is 3.19. The number of aromatic amines is 1. The Kier molecular flexibility index (Phi) is 3.81. The van der Waals surface area contributed by atoms with Crippen LogP contribution in [0.5, 0.6) is 0 Å². The molecule has 5 rings (SSSR count). The Balaban J connectivity index is 1.45. The second-order valence-corrected chi connectivity index (χ2v) is 7.49. The van der Waals surface area contributed by atoms with Crippen LogP contribution in [0.25, 0.3) is 10.9 Å². The zero-order valence-electron chi connectivity index (χ0n) is 14.6. The van der Waals surface area contributed by atoms with Gasteiger partial charge in [-0.25, -0.2) is 4.90 Å². The van der Waals surface area contributed by atoms with Gasteiger partial charge in [0.05, 0.1) is 23.2 Å². The summed E-state index contributed by atoms with van der Waals surface area (Å²) in [6.07, 6.45) is 1.04. The molecule has 1 fully saturated rings. The van der Waals surface area contributed by atoms with Crippen molar-refractivity contribution in [2.45, 2.75) is 25.4 Å². The van der Waals surface area contributed by atoms with Crippen LogP contribution in [0.3, 0.4) is 0 Å². The van der Waals surface area contributed by atoms with Gasteiger partial charge in [0.25, 0.3) is 5.91 Å². The van der Waals surface area contributed by atoms with Crippen LogP contribution in [-0.2, 0) is 22.6 Å². The lowest BCUT2D eigenvalue weighted by molar-refractivity contribution is -0.123. The Morgan fingerprint density at radius 1 is 1.04 bits per heavy atom. The number of imide groups is 1. The maximum atomic E-state index is 13.1. The van der Waals surface area contributed by atoms with E-state index in [1.807, 2.05) is 12.1 Å². The molecule has 1 aromatic heterocycles. The molecule has 3 heterocycles. The first-order chi connectivity index (χ1) is 13.1. The van der Waals surface area contributed by atoms with Crippen molar-refractivity contribution in [3.63, 3.8) is 0 Å². The van der Waals surface area contributed by atoms with E-state index in [2.05, 4.69) is 22.0 Å². The van der Waals surface area contributed by atoms with Crippen molar-refractivity contribution in [2.24, 2.45) is 0 Å². The van der Waals surface area contributed by atoms with Crippen LogP contribution in [0.1, 0.15) is 17.7 Å². The molecule has 3 aromatic rings. The molecule has 2 amide bonds. The average molecular weight is 380 g/mol. The zero-order valence-corrected chi connectivity index (χ0v) is 15.4. The number of benzene rings is 2. The number of aromatic nitrogens is 1. The molecule has 27 heavy (non-hydrogen) atoms. The van der Waals surface area contributed by atoms with Gasteiger partial charge in [0, 0.05) is 36.1 Å². The number of carbonyl (C=O) groups excluding carboxylic acids is 2. The molecule has 2 aliphatic heterocycles. The third kappa shape index (κ3) is 2.58. The van der Waals surface area contributed by atoms with Crippen molar-refractivity contribution < 1.29 is 9.59 Å². The summed E-state index contributed by atoms with van der Waals surface area (Å²) in [5, 5.41) is 1.61. The fourth-order valence-corrected chi connectivity index (χ4v) is 4.46.